The van der Waals surface area contributed by atoms with Crippen molar-refractivity contribution in [3.8, 4) is 0 Å². The minimum absolute atomic E-state index is 0.231. The number of halogens is 3. The normalized spacial score (nSPS) is 13.8. The predicted octanol–water partition coefficient (Wildman–Crippen LogP) is 3.97. The molecular formula is C10H9F3N2OS2. The zero-order valence-corrected chi connectivity index (χ0v) is 10.7. The van der Waals surface area contributed by atoms with Gasteiger partial charge in [-0.05, 0) is 6.08 Å². The minimum Gasteiger partial charge on any atom is -0.386 e. The first kappa shape index (κ1) is 13.3. The lowest BCUT2D eigenvalue weighted by Crippen LogP contribution is -2.16. The van der Waals surface area contributed by atoms with Gasteiger partial charge < -0.3 is 4.84 Å². The number of thioether (sulfide) groups is 1. The van der Waals surface area contributed by atoms with E-state index in [2.05, 4.69) is 4.98 Å². The van der Waals surface area contributed by atoms with E-state index in [1.807, 2.05) is 6.08 Å². The summed E-state index contributed by atoms with van der Waals surface area (Å²) in [5.74, 6) is -0.457. The van der Waals surface area contributed by atoms with Gasteiger partial charge in [-0.25, -0.2) is 9.37 Å². The van der Waals surface area contributed by atoms with Crippen molar-refractivity contribution in [1.82, 2.24) is 4.98 Å². The lowest BCUT2D eigenvalue weighted by atomic mass is 10.4. The first-order chi connectivity index (χ1) is 8.66. The molecule has 1 aliphatic rings. The summed E-state index contributed by atoms with van der Waals surface area (Å²) >= 11 is 2.62. The number of allylic oxidation sites excluding steroid dienone is 1. The van der Waals surface area contributed by atoms with Crippen LogP contribution in [0.4, 0.5) is 19.0 Å². The monoisotopic (exact) mass is 294 g/mol. The molecule has 98 valence electrons. The van der Waals surface area contributed by atoms with Crippen LogP contribution in [0.25, 0.3) is 0 Å². The minimum atomic E-state index is -2.24. The van der Waals surface area contributed by atoms with Gasteiger partial charge >= 0.3 is 6.08 Å². The van der Waals surface area contributed by atoms with Gasteiger partial charge in [-0.3, -0.25) is 0 Å². The van der Waals surface area contributed by atoms with Crippen molar-refractivity contribution < 1.29 is 18.0 Å². The summed E-state index contributed by atoms with van der Waals surface area (Å²) in [6.45, 7) is 0.623. The average Bonchev–Trinajstić information content (AvgIpc) is 2.98. The molecule has 8 heteroatoms. The molecule has 0 radical (unpaired) electrons. The largest absolute Gasteiger partial charge is 0.386 e. The molecule has 0 atom stereocenters. The number of hydrogen-bond donors (Lipinski definition) is 0. The van der Waals surface area contributed by atoms with Crippen LogP contribution in [0.3, 0.4) is 0 Å². The fraction of sp³-hybridized carbons (Fsp3) is 0.300. The smallest absolute Gasteiger partial charge is 0.301 e. The topological polar surface area (TPSA) is 25.4 Å². The number of hydroxylamine groups is 1. The van der Waals surface area contributed by atoms with E-state index in [4.69, 9.17) is 4.84 Å². The molecule has 1 aromatic rings. The van der Waals surface area contributed by atoms with Crippen LogP contribution >= 0.6 is 23.1 Å². The van der Waals surface area contributed by atoms with Gasteiger partial charge in [0.2, 0.25) is 0 Å². The Morgan fingerprint density at radius 2 is 2.33 bits per heavy atom. The maximum atomic E-state index is 12.5. The SMILES string of the molecule is FC(F)=C(F)CCSc1nc(N2CC=CO2)cs1. The number of thiazole rings is 1. The lowest BCUT2D eigenvalue weighted by molar-refractivity contribution is 0.244. The van der Waals surface area contributed by atoms with Gasteiger partial charge in [-0.2, -0.15) is 13.8 Å². The maximum absolute atomic E-state index is 12.5. The average molecular weight is 294 g/mol. The molecule has 2 heterocycles. The third-order valence-corrected chi connectivity index (χ3v) is 4.04. The number of nitrogens with zero attached hydrogens (tertiary/aromatic N) is 2. The van der Waals surface area contributed by atoms with E-state index < -0.39 is 11.9 Å². The first-order valence-corrected chi connectivity index (χ1v) is 6.90. The predicted molar refractivity (Wildman–Crippen MR) is 65.4 cm³/mol. The Balaban J connectivity index is 1.82. The second-order valence-electron chi connectivity index (χ2n) is 3.27. The number of rotatable bonds is 5. The van der Waals surface area contributed by atoms with Crippen molar-refractivity contribution in [2.45, 2.75) is 10.8 Å². The fourth-order valence-corrected chi connectivity index (χ4v) is 3.00. The van der Waals surface area contributed by atoms with Crippen LogP contribution in [0.1, 0.15) is 6.42 Å². The summed E-state index contributed by atoms with van der Waals surface area (Å²) in [4.78, 5) is 9.40. The zero-order valence-electron chi connectivity index (χ0n) is 9.11. The molecule has 0 aromatic carbocycles. The molecular weight excluding hydrogens is 285 g/mol. The van der Waals surface area contributed by atoms with E-state index in [0.29, 0.717) is 16.7 Å². The van der Waals surface area contributed by atoms with E-state index in [-0.39, 0.29) is 12.2 Å². The highest BCUT2D eigenvalue weighted by Gasteiger charge is 2.13. The molecule has 18 heavy (non-hydrogen) atoms. The number of anilines is 1. The molecule has 1 aromatic heterocycles. The Morgan fingerprint density at radius 3 is 3.00 bits per heavy atom. The first-order valence-electron chi connectivity index (χ1n) is 5.04. The van der Waals surface area contributed by atoms with Crippen LogP contribution < -0.4 is 5.06 Å². The fourth-order valence-electron chi connectivity index (χ4n) is 1.20. The Hall–Kier alpha value is -1.15. The van der Waals surface area contributed by atoms with E-state index in [0.717, 1.165) is 0 Å². The molecule has 0 aliphatic carbocycles. The van der Waals surface area contributed by atoms with Crippen molar-refractivity contribution in [2.75, 3.05) is 17.4 Å². The van der Waals surface area contributed by atoms with E-state index in [1.165, 1.54) is 23.1 Å². The summed E-state index contributed by atoms with van der Waals surface area (Å²) in [6.07, 6.45) is 0.878. The van der Waals surface area contributed by atoms with Gasteiger partial charge in [0.15, 0.2) is 16.0 Å². The van der Waals surface area contributed by atoms with E-state index in [9.17, 15) is 13.2 Å². The molecule has 3 nitrogen and oxygen atoms in total. The van der Waals surface area contributed by atoms with Crippen molar-refractivity contribution >= 4 is 28.9 Å². The van der Waals surface area contributed by atoms with Gasteiger partial charge in [0.1, 0.15) is 6.26 Å². The van der Waals surface area contributed by atoms with Crippen molar-refractivity contribution in [2.24, 2.45) is 0 Å². The third kappa shape index (κ3) is 3.42. The van der Waals surface area contributed by atoms with Crippen LogP contribution in [-0.2, 0) is 4.84 Å². The number of hydrogen-bond acceptors (Lipinski definition) is 5. The maximum Gasteiger partial charge on any atom is 0.301 e. The Labute approximate surface area is 110 Å². The van der Waals surface area contributed by atoms with Crippen LogP contribution in [0, 0.1) is 0 Å². The second-order valence-corrected chi connectivity index (χ2v) is 5.47. The Bertz CT molecular complexity index is 463. The molecule has 0 bridgehead atoms. The highest BCUT2D eigenvalue weighted by atomic mass is 32.2. The summed E-state index contributed by atoms with van der Waals surface area (Å²) in [5, 5.41) is 3.40. The molecule has 0 amide bonds. The molecule has 0 unspecified atom stereocenters. The van der Waals surface area contributed by atoms with Gasteiger partial charge in [-0.1, -0.05) is 11.8 Å². The van der Waals surface area contributed by atoms with Gasteiger partial charge in [0.25, 0.3) is 0 Å². The van der Waals surface area contributed by atoms with Crippen molar-refractivity contribution in [3.63, 3.8) is 0 Å². The Morgan fingerprint density at radius 1 is 1.50 bits per heavy atom. The molecule has 2 rings (SSSR count). The van der Waals surface area contributed by atoms with E-state index in [1.54, 1.807) is 16.7 Å². The van der Waals surface area contributed by atoms with Crippen LogP contribution in [-0.4, -0.2) is 17.3 Å². The third-order valence-electron chi connectivity index (χ3n) is 2.03. The molecule has 0 saturated carbocycles. The summed E-state index contributed by atoms with van der Waals surface area (Å²) in [5.41, 5.74) is 0. The molecule has 1 aliphatic heterocycles. The van der Waals surface area contributed by atoms with Gasteiger partial charge in [0.05, 0.1) is 6.54 Å². The molecule has 0 fully saturated rings. The molecule has 0 N–H and O–H groups in total. The van der Waals surface area contributed by atoms with Gasteiger partial charge in [0, 0.05) is 17.6 Å². The van der Waals surface area contributed by atoms with Crippen LogP contribution in [0.2, 0.25) is 0 Å². The summed E-state index contributed by atoms with van der Waals surface area (Å²) in [7, 11) is 0. The lowest BCUT2D eigenvalue weighted by Gasteiger charge is -2.11. The van der Waals surface area contributed by atoms with Crippen molar-refractivity contribution in [1.29, 1.82) is 0 Å². The summed E-state index contributed by atoms with van der Waals surface area (Å²) < 4.78 is 36.9. The number of aromatic nitrogens is 1. The second kappa shape index (κ2) is 6.14. The van der Waals surface area contributed by atoms with Crippen LogP contribution in [0.15, 0.2) is 34.0 Å². The molecule has 0 spiro atoms. The van der Waals surface area contributed by atoms with E-state index >= 15 is 0 Å². The highest BCUT2D eigenvalue weighted by Crippen LogP contribution is 2.29. The van der Waals surface area contributed by atoms with Crippen molar-refractivity contribution in [3.05, 3.63) is 29.6 Å². The highest BCUT2D eigenvalue weighted by molar-refractivity contribution is 8.01. The van der Waals surface area contributed by atoms with Crippen LogP contribution in [0.5, 0.6) is 0 Å². The zero-order chi connectivity index (χ0) is 13.0. The van der Waals surface area contributed by atoms with Gasteiger partial charge in [-0.15, -0.1) is 11.3 Å². The standard InChI is InChI=1S/C10H9F3N2OS2/c11-7(9(12)13)2-5-17-10-14-8(6-18-10)15-3-1-4-16-15/h1,4,6H,2-3,5H2. The Kier molecular flexibility index (Phi) is 4.54. The summed E-state index contributed by atoms with van der Waals surface area (Å²) in [6, 6.07) is 0. The molecule has 0 saturated heterocycles. The quantitative estimate of drug-likeness (QED) is 0.767.